The molecule has 0 rings (SSSR count). The summed E-state index contributed by atoms with van der Waals surface area (Å²) in [6.07, 6.45) is 6.90. The second-order valence-electron chi connectivity index (χ2n) is 1.77. The van der Waals surface area contributed by atoms with Crippen LogP contribution >= 0.6 is 0 Å². The lowest BCUT2D eigenvalue weighted by molar-refractivity contribution is 1.43. The lowest BCUT2D eigenvalue weighted by Crippen LogP contribution is -2.10. The molecule has 10 heavy (non-hydrogen) atoms. The molecule has 0 saturated heterocycles. The molecule has 0 aliphatic carbocycles. The molecule has 2 heteroatoms. The Morgan fingerprint density at radius 1 is 1.60 bits per heavy atom. The number of nitrogens with one attached hydrogen (secondary N) is 1. The zero-order valence-corrected chi connectivity index (χ0v) is 6.09. The largest absolute Gasteiger partial charge is 0.384 e. The molecule has 54 valence electrons. The highest BCUT2D eigenvalue weighted by atomic mass is 14.7. The van der Waals surface area contributed by atoms with Gasteiger partial charge in [-0.1, -0.05) is 30.9 Å². The Labute approximate surface area is 61.3 Å². The molecule has 0 amide bonds. The third kappa shape index (κ3) is 2.87. The smallest absolute Gasteiger partial charge is 0.122 e. The van der Waals surface area contributed by atoms with Crippen LogP contribution in [0.2, 0.25) is 0 Å². The summed E-state index contributed by atoms with van der Waals surface area (Å²) in [5, 5.41) is 7.07. The van der Waals surface area contributed by atoms with E-state index in [1.807, 2.05) is 13.0 Å². The molecule has 0 aromatic heterocycles. The van der Waals surface area contributed by atoms with Crippen molar-refractivity contribution in [1.29, 1.82) is 5.41 Å². The molecule has 0 bridgehead atoms. The first-order chi connectivity index (χ1) is 4.72. The zero-order valence-electron chi connectivity index (χ0n) is 6.09. The van der Waals surface area contributed by atoms with E-state index in [-0.39, 0.29) is 5.84 Å². The quantitative estimate of drug-likeness (QED) is 0.345. The monoisotopic (exact) mass is 136 g/mol. The van der Waals surface area contributed by atoms with E-state index in [2.05, 4.69) is 6.58 Å². The van der Waals surface area contributed by atoms with E-state index in [1.165, 1.54) is 0 Å². The van der Waals surface area contributed by atoms with Crippen molar-refractivity contribution in [3.05, 3.63) is 36.5 Å². The van der Waals surface area contributed by atoms with Crippen molar-refractivity contribution in [1.82, 2.24) is 0 Å². The maximum absolute atomic E-state index is 7.07. The van der Waals surface area contributed by atoms with Crippen molar-refractivity contribution in [2.24, 2.45) is 5.73 Å². The predicted octanol–water partition coefficient (Wildman–Crippen LogP) is 1.61. The van der Waals surface area contributed by atoms with Gasteiger partial charge < -0.3 is 5.73 Å². The average molecular weight is 136 g/mol. The second kappa shape index (κ2) is 4.56. The standard InChI is InChI=1S/C8H12N2/c1-3-5-7(6-4-2)8(9)10/h3-6H,1H2,2H3,(H3,9,10)/b6-4-,7-5+. The Hall–Kier alpha value is -1.31. The van der Waals surface area contributed by atoms with Gasteiger partial charge in [-0.3, -0.25) is 5.41 Å². The summed E-state index contributed by atoms with van der Waals surface area (Å²) in [5.74, 6) is 0.0676. The van der Waals surface area contributed by atoms with Crippen molar-refractivity contribution in [3.63, 3.8) is 0 Å². The fourth-order valence-electron chi connectivity index (χ4n) is 0.542. The zero-order chi connectivity index (χ0) is 7.98. The summed E-state index contributed by atoms with van der Waals surface area (Å²) in [6, 6.07) is 0. The molecule has 0 radical (unpaired) electrons. The first-order valence-corrected chi connectivity index (χ1v) is 3.02. The third-order valence-electron chi connectivity index (χ3n) is 0.955. The topological polar surface area (TPSA) is 49.9 Å². The van der Waals surface area contributed by atoms with Crippen molar-refractivity contribution < 1.29 is 0 Å². The van der Waals surface area contributed by atoms with E-state index in [0.29, 0.717) is 5.57 Å². The van der Waals surface area contributed by atoms with Crippen LogP contribution in [-0.4, -0.2) is 5.84 Å². The van der Waals surface area contributed by atoms with E-state index in [1.54, 1.807) is 18.2 Å². The van der Waals surface area contributed by atoms with Crippen LogP contribution in [0.15, 0.2) is 36.5 Å². The Balaban J connectivity index is 4.41. The molecule has 0 spiro atoms. The molecular weight excluding hydrogens is 124 g/mol. The Kier molecular flexibility index (Phi) is 3.96. The SMILES string of the molecule is C=C/C=C(\C=C/C)C(=N)N. The van der Waals surface area contributed by atoms with Crippen molar-refractivity contribution in [3.8, 4) is 0 Å². The Bertz CT molecular complexity index is 187. The highest BCUT2D eigenvalue weighted by molar-refractivity contribution is 5.97. The van der Waals surface area contributed by atoms with E-state index in [9.17, 15) is 0 Å². The minimum Gasteiger partial charge on any atom is -0.384 e. The molecule has 0 aromatic carbocycles. The van der Waals surface area contributed by atoms with Crippen LogP contribution in [0.1, 0.15) is 6.92 Å². The van der Waals surface area contributed by atoms with Gasteiger partial charge >= 0.3 is 0 Å². The maximum Gasteiger partial charge on any atom is 0.122 e. The average Bonchev–Trinajstić information content (AvgIpc) is 1.87. The lowest BCUT2D eigenvalue weighted by atomic mass is 10.2. The fraction of sp³-hybridized carbons (Fsp3) is 0.125. The van der Waals surface area contributed by atoms with Crippen molar-refractivity contribution in [2.75, 3.05) is 0 Å². The van der Waals surface area contributed by atoms with Gasteiger partial charge in [-0.05, 0) is 6.92 Å². The molecule has 0 heterocycles. The van der Waals surface area contributed by atoms with E-state index in [0.717, 1.165) is 0 Å². The molecular formula is C8H12N2. The van der Waals surface area contributed by atoms with Gasteiger partial charge in [0.15, 0.2) is 0 Å². The van der Waals surface area contributed by atoms with Crippen LogP contribution in [0.25, 0.3) is 0 Å². The highest BCUT2D eigenvalue weighted by Gasteiger charge is 1.90. The number of allylic oxidation sites excluding steroid dienone is 3. The van der Waals surface area contributed by atoms with Gasteiger partial charge in [-0.2, -0.15) is 0 Å². The number of rotatable bonds is 3. The molecule has 0 atom stereocenters. The van der Waals surface area contributed by atoms with Crippen LogP contribution in [0.3, 0.4) is 0 Å². The maximum atomic E-state index is 7.07. The van der Waals surface area contributed by atoms with Gasteiger partial charge in [0.2, 0.25) is 0 Å². The number of nitrogens with two attached hydrogens (primary N) is 1. The van der Waals surface area contributed by atoms with Crippen LogP contribution < -0.4 is 5.73 Å². The van der Waals surface area contributed by atoms with Crippen molar-refractivity contribution in [2.45, 2.75) is 6.92 Å². The molecule has 0 aliphatic rings. The molecule has 2 nitrogen and oxygen atoms in total. The van der Waals surface area contributed by atoms with Gasteiger partial charge in [0.05, 0.1) is 0 Å². The van der Waals surface area contributed by atoms with Gasteiger partial charge in [0, 0.05) is 5.57 Å². The van der Waals surface area contributed by atoms with Gasteiger partial charge in [0.25, 0.3) is 0 Å². The minimum absolute atomic E-state index is 0.0676. The van der Waals surface area contributed by atoms with Gasteiger partial charge in [-0.25, -0.2) is 0 Å². The molecule has 0 unspecified atom stereocenters. The lowest BCUT2D eigenvalue weighted by Gasteiger charge is -1.94. The molecule has 0 saturated carbocycles. The minimum atomic E-state index is 0.0676. The molecule has 0 fully saturated rings. The summed E-state index contributed by atoms with van der Waals surface area (Å²) < 4.78 is 0. The number of amidine groups is 1. The Morgan fingerprint density at radius 3 is 2.50 bits per heavy atom. The van der Waals surface area contributed by atoms with E-state index in [4.69, 9.17) is 11.1 Å². The predicted molar refractivity (Wildman–Crippen MR) is 45.0 cm³/mol. The number of hydrogen-bond acceptors (Lipinski definition) is 1. The summed E-state index contributed by atoms with van der Waals surface area (Å²) in [6.45, 7) is 5.38. The van der Waals surface area contributed by atoms with E-state index < -0.39 is 0 Å². The fourth-order valence-corrected chi connectivity index (χ4v) is 0.542. The second-order valence-corrected chi connectivity index (χ2v) is 1.77. The van der Waals surface area contributed by atoms with Crippen LogP contribution in [0.5, 0.6) is 0 Å². The summed E-state index contributed by atoms with van der Waals surface area (Å²) in [4.78, 5) is 0. The molecule has 3 N–H and O–H groups in total. The normalized spacial score (nSPS) is 11.9. The van der Waals surface area contributed by atoms with Gasteiger partial charge in [-0.15, -0.1) is 0 Å². The highest BCUT2D eigenvalue weighted by Crippen LogP contribution is 1.95. The van der Waals surface area contributed by atoms with Crippen LogP contribution in [0, 0.1) is 5.41 Å². The van der Waals surface area contributed by atoms with E-state index >= 15 is 0 Å². The summed E-state index contributed by atoms with van der Waals surface area (Å²) in [7, 11) is 0. The first kappa shape index (κ1) is 8.69. The Morgan fingerprint density at radius 2 is 2.20 bits per heavy atom. The summed E-state index contributed by atoms with van der Waals surface area (Å²) in [5.41, 5.74) is 5.92. The van der Waals surface area contributed by atoms with Crippen LogP contribution in [0.4, 0.5) is 0 Å². The molecule has 0 aliphatic heterocycles. The van der Waals surface area contributed by atoms with Crippen LogP contribution in [-0.2, 0) is 0 Å². The third-order valence-corrected chi connectivity index (χ3v) is 0.955. The van der Waals surface area contributed by atoms with Gasteiger partial charge in [0.1, 0.15) is 5.84 Å². The molecule has 0 aromatic rings. The summed E-state index contributed by atoms with van der Waals surface area (Å²) >= 11 is 0. The number of hydrogen-bond donors (Lipinski definition) is 2. The van der Waals surface area contributed by atoms with Crippen molar-refractivity contribution >= 4 is 5.84 Å². The first-order valence-electron chi connectivity index (χ1n) is 3.02.